The lowest BCUT2D eigenvalue weighted by Crippen LogP contribution is -2.43. The van der Waals surface area contributed by atoms with Crippen molar-refractivity contribution in [3.63, 3.8) is 0 Å². The third kappa shape index (κ3) is 3.45. The van der Waals surface area contributed by atoms with Crippen molar-refractivity contribution in [1.82, 2.24) is 5.32 Å². The average molecular weight is 233 g/mol. The topological polar surface area (TPSA) is 46.2 Å². The normalized spacial score (nSPS) is 29.5. The summed E-state index contributed by atoms with van der Waals surface area (Å²) in [6, 6.07) is 0.162. The molecule has 2 atom stereocenters. The molecule has 1 aliphatic rings. The summed E-state index contributed by atoms with van der Waals surface area (Å²) in [4.78, 5) is 0. The Hall–Kier alpha value is -0.0900. The Kier molecular flexibility index (Phi) is 5.06. The molecule has 0 aliphatic heterocycles. The van der Waals surface area contributed by atoms with Gasteiger partial charge in [-0.15, -0.1) is 0 Å². The molecule has 4 heteroatoms. The zero-order chi connectivity index (χ0) is 11.3. The second-order valence-electron chi connectivity index (χ2n) is 4.38. The first-order valence-electron chi connectivity index (χ1n) is 6.00. The van der Waals surface area contributed by atoms with Crippen LogP contribution in [0.3, 0.4) is 0 Å². The van der Waals surface area contributed by atoms with Crippen molar-refractivity contribution in [2.45, 2.75) is 56.7 Å². The van der Waals surface area contributed by atoms with Gasteiger partial charge in [0.05, 0.1) is 5.25 Å². The summed E-state index contributed by atoms with van der Waals surface area (Å²) in [5.41, 5.74) is 0. The average Bonchev–Trinajstić information content (AvgIpc) is 2.17. The van der Waals surface area contributed by atoms with E-state index < -0.39 is 9.84 Å². The van der Waals surface area contributed by atoms with Crippen LogP contribution in [0.4, 0.5) is 0 Å². The summed E-state index contributed by atoms with van der Waals surface area (Å²) >= 11 is 0. The van der Waals surface area contributed by atoms with E-state index in [1.807, 2.05) is 7.05 Å². The molecule has 90 valence electrons. The lowest BCUT2D eigenvalue weighted by Gasteiger charge is -2.28. The smallest absolute Gasteiger partial charge is 0.154 e. The molecule has 0 spiro atoms. The van der Waals surface area contributed by atoms with Crippen molar-refractivity contribution in [3.8, 4) is 0 Å². The molecule has 1 aliphatic carbocycles. The summed E-state index contributed by atoms with van der Waals surface area (Å²) in [6.45, 7) is 1.75. The molecule has 0 aromatic heterocycles. The molecule has 0 amide bonds. The second kappa shape index (κ2) is 5.85. The van der Waals surface area contributed by atoms with Gasteiger partial charge >= 0.3 is 0 Å². The Labute approximate surface area is 93.6 Å². The Morgan fingerprint density at radius 3 is 2.27 bits per heavy atom. The van der Waals surface area contributed by atoms with Crippen LogP contribution in [0, 0.1) is 0 Å². The molecule has 1 fully saturated rings. The van der Waals surface area contributed by atoms with Gasteiger partial charge in [0.1, 0.15) is 0 Å². The monoisotopic (exact) mass is 233 g/mol. The minimum absolute atomic E-state index is 0.159. The predicted molar refractivity (Wildman–Crippen MR) is 63.8 cm³/mol. The summed E-state index contributed by atoms with van der Waals surface area (Å²) in [7, 11) is -1.01. The van der Waals surface area contributed by atoms with E-state index in [0.717, 1.165) is 25.7 Å². The molecule has 3 nitrogen and oxygen atoms in total. The molecule has 1 rings (SSSR count). The van der Waals surface area contributed by atoms with E-state index in [2.05, 4.69) is 5.32 Å². The summed E-state index contributed by atoms with van der Waals surface area (Å²) in [5, 5.41) is 3.02. The van der Waals surface area contributed by atoms with Crippen molar-refractivity contribution in [1.29, 1.82) is 0 Å². The highest BCUT2D eigenvalue weighted by molar-refractivity contribution is 7.92. The molecule has 0 heterocycles. The van der Waals surface area contributed by atoms with E-state index in [-0.39, 0.29) is 17.0 Å². The van der Waals surface area contributed by atoms with Gasteiger partial charge in [0, 0.05) is 11.8 Å². The fraction of sp³-hybridized carbons (Fsp3) is 1.00. The van der Waals surface area contributed by atoms with Crippen LogP contribution in [0.1, 0.15) is 45.4 Å². The van der Waals surface area contributed by atoms with Gasteiger partial charge in [-0.05, 0) is 19.9 Å². The van der Waals surface area contributed by atoms with Gasteiger partial charge in [-0.1, -0.05) is 32.6 Å². The molecule has 2 unspecified atom stereocenters. The zero-order valence-corrected chi connectivity index (χ0v) is 10.6. The zero-order valence-electron chi connectivity index (χ0n) is 9.83. The number of hydrogen-bond donors (Lipinski definition) is 1. The maximum atomic E-state index is 11.9. The van der Waals surface area contributed by atoms with E-state index in [1.54, 1.807) is 6.92 Å². The Morgan fingerprint density at radius 1 is 1.13 bits per heavy atom. The van der Waals surface area contributed by atoms with E-state index in [1.165, 1.54) is 12.8 Å². The lowest BCUT2D eigenvalue weighted by atomic mass is 9.96. The van der Waals surface area contributed by atoms with Gasteiger partial charge in [-0.25, -0.2) is 8.42 Å². The Bertz CT molecular complexity index is 274. The van der Waals surface area contributed by atoms with Crippen LogP contribution >= 0.6 is 0 Å². The van der Waals surface area contributed by atoms with E-state index in [0.29, 0.717) is 0 Å². The van der Waals surface area contributed by atoms with E-state index in [9.17, 15) is 8.42 Å². The molecule has 15 heavy (non-hydrogen) atoms. The van der Waals surface area contributed by atoms with Crippen molar-refractivity contribution in [3.05, 3.63) is 0 Å². The van der Waals surface area contributed by atoms with Crippen LogP contribution < -0.4 is 5.32 Å². The third-order valence-electron chi connectivity index (χ3n) is 3.44. The maximum absolute atomic E-state index is 11.9. The SMILES string of the molecule is CCS(=O)(=O)C1CCCCCCC1NC. The van der Waals surface area contributed by atoms with Crippen molar-refractivity contribution >= 4 is 9.84 Å². The van der Waals surface area contributed by atoms with Crippen molar-refractivity contribution < 1.29 is 8.42 Å². The van der Waals surface area contributed by atoms with Crippen molar-refractivity contribution in [2.75, 3.05) is 12.8 Å². The number of nitrogens with one attached hydrogen (secondary N) is 1. The van der Waals surface area contributed by atoms with Gasteiger partial charge in [0.25, 0.3) is 0 Å². The minimum Gasteiger partial charge on any atom is -0.316 e. The van der Waals surface area contributed by atoms with Crippen LogP contribution in [0.15, 0.2) is 0 Å². The molecule has 0 radical (unpaired) electrons. The second-order valence-corrected chi connectivity index (χ2v) is 6.89. The first-order chi connectivity index (χ1) is 7.11. The molecular formula is C11H23NO2S. The Morgan fingerprint density at radius 2 is 1.73 bits per heavy atom. The first-order valence-corrected chi connectivity index (χ1v) is 7.72. The van der Waals surface area contributed by atoms with Gasteiger partial charge in [-0.2, -0.15) is 0 Å². The summed E-state index contributed by atoms with van der Waals surface area (Å²) < 4.78 is 23.9. The number of hydrogen-bond acceptors (Lipinski definition) is 3. The number of rotatable bonds is 3. The van der Waals surface area contributed by atoms with Gasteiger partial charge in [-0.3, -0.25) is 0 Å². The molecule has 0 aromatic carbocycles. The van der Waals surface area contributed by atoms with E-state index in [4.69, 9.17) is 0 Å². The highest BCUT2D eigenvalue weighted by Crippen LogP contribution is 2.23. The first kappa shape index (κ1) is 13.0. The number of sulfone groups is 1. The minimum atomic E-state index is -2.88. The maximum Gasteiger partial charge on any atom is 0.154 e. The summed E-state index contributed by atoms with van der Waals surface area (Å²) in [6.07, 6.45) is 6.48. The molecule has 1 saturated carbocycles. The molecule has 1 N–H and O–H groups in total. The van der Waals surface area contributed by atoms with Crippen molar-refractivity contribution in [2.24, 2.45) is 0 Å². The van der Waals surface area contributed by atoms with Crippen LogP contribution in [0.2, 0.25) is 0 Å². The van der Waals surface area contributed by atoms with Crippen LogP contribution in [0.5, 0.6) is 0 Å². The molecule has 0 aromatic rings. The highest BCUT2D eigenvalue weighted by atomic mass is 32.2. The highest BCUT2D eigenvalue weighted by Gasteiger charge is 2.31. The van der Waals surface area contributed by atoms with E-state index >= 15 is 0 Å². The largest absolute Gasteiger partial charge is 0.316 e. The lowest BCUT2D eigenvalue weighted by molar-refractivity contribution is 0.405. The van der Waals surface area contributed by atoms with Crippen LogP contribution in [0.25, 0.3) is 0 Å². The summed E-state index contributed by atoms with van der Waals surface area (Å²) in [5.74, 6) is 0.274. The molecule has 0 bridgehead atoms. The van der Waals surface area contributed by atoms with Crippen LogP contribution in [-0.4, -0.2) is 32.5 Å². The molecular weight excluding hydrogens is 210 g/mol. The predicted octanol–water partition coefficient (Wildman–Crippen LogP) is 1.73. The molecule has 0 saturated heterocycles. The van der Waals surface area contributed by atoms with Gasteiger partial charge < -0.3 is 5.32 Å². The van der Waals surface area contributed by atoms with Crippen LogP contribution in [-0.2, 0) is 9.84 Å². The fourth-order valence-corrected chi connectivity index (χ4v) is 4.15. The van der Waals surface area contributed by atoms with Gasteiger partial charge in [0.2, 0.25) is 0 Å². The fourth-order valence-electron chi connectivity index (χ4n) is 2.42. The standard InChI is InChI=1S/C11H23NO2S/c1-3-15(13,14)11-9-7-5-4-6-8-10(11)12-2/h10-12H,3-9H2,1-2H3. The van der Waals surface area contributed by atoms with Gasteiger partial charge in [0.15, 0.2) is 9.84 Å². The Balaban J connectivity index is 2.78. The quantitative estimate of drug-likeness (QED) is 0.807. The third-order valence-corrected chi connectivity index (χ3v) is 5.73.